The van der Waals surface area contributed by atoms with E-state index in [-0.39, 0.29) is 6.04 Å². The van der Waals surface area contributed by atoms with Crippen LogP contribution in [-0.4, -0.2) is 32.5 Å². The fourth-order valence-corrected chi connectivity index (χ4v) is 6.67. The molecule has 120 valence electrons. The van der Waals surface area contributed by atoms with Crippen LogP contribution in [0.25, 0.3) is 0 Å². The highest BCUT2D eigenvalue weighted by Gasteiger charge is 2.31. The van der Waals surface area contributed by atoms with Crippen LogP contribution in [0, 0.1) is 6.92 Å². The maximum absolute atomic E-state index is 12.6. The van der Waals surface area contributed by atoms with Crippen molar-refractivity contribution in [3.05, 3.63) is 15.8 Å². The molecule has 0 amide bonds. The molecule has 0 aliphatic heterocycles. The molecule has 0 bridgehead atoms. The maximum Gasteiger partial charge on any atom is 0.241 e. The Balaban J connectivity index is 2.13. The number of hydrogen-bond acceptors (Lipinski definition) is 5. The van der Waals surface area contributed by atoms with Crippen molar-refractivity contribution in [1.29, 1.82) is 0 Å². The summed E-state index contributed by atoms with van der Waals surface area (Å²) >= 11 is 3.32. The topological polar surface area (TPSA) is 58.2 Å². The van der Waals surface area contributed by atoms with E-state index >= 15 is 0 Å². The second-order valence-electron chi connectivity index (χ2n) is 5.35. The van der Waals surface area contributed by atoms with Gasteiger partial charge in [0.15, 0.2) is 0 Å². The van der Waals surface area contributed by atoms with Gasteiger partial charge in [-0.1, -0.05) is 13.3 Å². The molecule has 1 aliphatic rings. The molecule has 1 aromatic heterocycles. The van der Waals surface area contributed by atoms with Crippen LogP contribution in [-0.2, 0) is 16.6 Å². The van der Waals surface area contributed by atoms with Crippen molar-refractivity contribution in [3.8, 4) is 0 Å². The number of hydrogen-bond donors (Lipinski definition) is 2. The Hall–Kier alpha value is -0.0800. The van der Waals surface area contributed by atoms with Crippen molar-refractivity contribution in [3.63, 3.8) is 0 Å². The monoisotopic (exact) mass is 348 g/mol. The van der Waals surface area contributed by atoms with Gasteiger partial charge >= 0.3 is 0 Å². The quantitative estimate of drug-likeness (QED) is 0.795. The summed E-state index contributed by atoms with van der Waals surface area (Å²) in [6.45, 7) is 5.54. The van der Waals surface area contributed by atoms with Crippen molar-refractivity contribution in [1.82, 2.24) is 10.0 Å². The predicted octanol–water partition coefficient (Wildman–Crippen LogP) is 2.73. The zero-order valence-corrected chi connectivity index (χ0v) is 15.3. The van der Waals surface area contributed by atoms with E-state index < -0.39 is 10.0 Å². The standard InChI is InChI=1S/C14H24N2O2S3/c1-4-15-9-11-8-14(10(2)20-11)21(17,18)16-12-6-5-7-13(12)19-3/h8,12-13,15-16H,4-7,9H2,1-3H3. The van der Waals surface area contributed by atoms with Gasteiger partial charge in [0.2, 0.25) is 10.0 Å². The summed E-state index contributed by atoms with van der Waals surface area (Å²) < 4.78 is 28.2. The van der Waals surface area contributed by atoms with Crippen LogP contribution in [0.3, 0.4) is 0 Å². The van der Waals surface area contributed by atoms with Crippen molar-refractivity contribution in [2.75, 3.05) is 12.8 Å². The minimum absolute atomic E-state index is 0.0708. The second kappa shape index (κ2) is 7.46. The van der Waals surface area contributed by atoms with Gasteiger partial charge in [-0.3, -0.25) is 0 Å². The SMILES string of the molecule is CCNCc1cc(S(=O)(=O)NC2CCCC2SC)c(C)s1. The Kier molecular flexibility index (Phi) is 6.14. The number of aryl methyl sites for hydroxylation is 1. The number of sulfonamides is 1. The first kappa shape index (κ1) is 17.3. The molecule has 0 spiro atoms. The molecule has 0 saturated heterocycles. The van der Waals surface area contributed by atoms with Gasteiger partial charge in [0.05, 0.1) is 4.90 Å². The van der Waals surface area contributed by atoms with Crippen molar-refractivity contribution in [2.45, 2.75) is 55.8 Å². The minimum atomic E-state index is -3.40. The molecule has 4 nitrogen and oxygen atoms in total. The average molecular weight is 349 g/mol. The number of rotatable bonds is 7. The molecule has 21 heavy (non-hydrogen) atoms. The van der Waals surface area contributed by atoms with Gasteiger partial charge in [-0.15, -0.1) is 11.3 Å². The van der Waals surface area contributed by atoms with Crippen LogP contribution >= 0.6 is 23.1 Å². The summed E-state index contributed by atoms with van der Waals surface area (Å²) in [7, 11) is -3.40. The molecular weight excluding hydrogens is 324 g/mol. The molecule has 1 aliphatic carbocycles. The predicted molar refractivity (Wildman–Crippen MR) is 91.7 cm³/mol. The lowest BCUT2D eigenvalue weighted by Crippen LogP contribution is -2.38. The van der Waals surface area contributed by atoms with E-state index in [1.165, 1.54) is 0 Å². The lowest BCUT2D eigenvalue weighted by atomic mass is 10.3. The summed E-state index contributed by atoms with van der Waals surface area (Å²) in [5.41, 5.74) is 0. The normalized spacial score (nSPS) is 22.8. The first-order valence-electron chi connectivity index (χ1n) is 7.33. The van der Waals surface area contributed by atoms with E-state index in [4.69, 9.17) is 0 Å². The summed E-state index contributed by atoms with van der Waals surface area (Å²) in [5, 5.41) is 3.64. The van der Waals surface area contributed by atoms with Crippen LogP contribution in [0.1, 0.15) is 35.9 Å². The molecular formula is C14H24N2O2S3. The van der Waals surface area contributed by atoms with Crippen LogP contribution in [0.15, 0.2) is 11.0 Å². The van der Waals surface area contributed by atoms with E-state index in [9.17, 15) is 8.42 Å². The van der Waals surface area contributed by atoms with Crippen LogP contribution in [0.4, 0.5) is 0 Å². The molecule has 2 N–H and O–H groups in total. The Labute approximate surface area is 136 Å². The molecule has 0 radical (unpaired) electrons. The van der Waals surface area contributed by atoms with Gasteiger partial charge in [-0.05, 0) is 38.6 Å². The van der Waals surface area contributed by atoms with Gasteiger partial charge in [0, 0.05) is 27.6 Å². The lowest BCUT2D eigenvalue weighted by molar-refractivity contribution is 0.555. The second-order valence-corrected chi connectivity index (χ2v) is 9.45. The van der Waals surface area contributed by atoms with Gasteiger partial charge in [0.1, 0.15) is 0 Å². The van der Waals surface area contributed by atoms with Gasteiger partial charge < -0.3 is 5.32 Å². The third-order valence-corrected chi connectivity index (χ3v) is 7.79. The van der Waals surface area contributed by atoms with Gasteiger partial charge in [-0.25, -0.2) is 13.1 Å². The van der Waals surface area contributed by atoms with E-state index in [0.29, 0.717) is 10.1 Å². The van der Waals surface area contributed by atoms with Crippen LogP contribution < -0.4 is 10.0 Å². The van der Waals surface area contributed by atoms with E-state index in [1.807, 2.05) is 19.9 Å². The van der Waals surface area contributed by atoms with E-state index in [1.54, 1.807) is 23.1 Å². The lowest BCUT2D eigenvalue weighted by Gasteiger charge is -2.19. The number of thiophene rings is 1. The molecule has 0 aromatic carbocycles. The largest absolute Gasteiger partial charge is 0.312 e. The molecule has 2 atom stereocenters. The fraction of sp³-hybridized carbons (Fsp3) is 0.714. The summed E-state index contributed by atoms with van der Waals surface area (Å²) in [6.07, 6.45) is 5.20. The molecule has 7 heteroatoms. The first-order valence-corrected chi connectivity index (χ1v) is 10.9. The smallest absolute Gasteiger partial charge is 0.241 e. The number of nitrogens with one attached hydrogen (secondary N) is 2. The molecule has 1 aromatic rings. The fourth-order valence-electron chi connectivity index (χ4n) is 2.73. The Bertz CT molecular complexity index is 569. The third kappa shape index (κ3) is 4.22. The van der Waals surface area contributed by atoms with Gasteiger partial charge in [0.25, 0.3) is 0 Å². The minimum Gasteiger partial charge on any atom is -0.312 e. The summed E-state index contributed by atoms with van der Waals surface area (Å²) in [5.74, 6) is 0. The average Bonchev–Trinajstić information content (AvgIpc) is 3.02. The first-order chi connectivity index (χ1) is 9.97. The zero-order valence-electron chi connectivity index (χ0n) is 12.8. The van der Waals surface area contributed by atoms with Crippen molar-refractivity contribution in [2.24, 2.45) is 0 Å². The van der Waals surface area contributed by atoms with Gasteiger partial charge in [-0.2, -0.15) is 11.8 Å². The van der Waals surface area contributed by atoms with E-state index in [2.05, 4.69) is 16.3 Å². The highest BCUT2D eigenvalue weighted by atomic mass is 32.2. The molecule has 2 unspecified atom stereocenters. The molecule has 1 fully saturated rings. The summed E-state index contributed by atoms with van der Waals surface area (Å²) in [4.78, 5) is 2.39. The highest BCUT2D eigenvalue weighted by Crippen LogP contribution is 2.31. The Morgan fingerprint density at radius 3 is 2.86 bits per heavy atom. The van der Waals surface area contributed by atoms with E-state index in [0.717, 1.165) is 42.1 Å². The van der Waals surface area contributed by atoms with Crippen LogP contribution in [0.2, 0.25) is 0 Å². The number of thioether (sulfide) groups is 1. The molecule has 2 rings (SSSR count). The third-order valence-electron chi connectivity index (χ3n) is 3.82. The van der Waals surface area contributed by atoms with Crippen LogP contribution in [0.5, 0.6) is 0 Å². The zero-order chi connectivity index (χ0) is 15.5. The van der Waals surface area contributed by atoms with Crippen molar-refractivity contribution < 1.29 is 8.42 Å². The van der Waals surface area contributed by atoms with Crippen molar-refractivity contribution >= 4 is 33.1 Å². The Morgan fingerprint density at radius 1 is 1.43 bits per heavy atom. The Morgan fingerprint density at radius 2 is 2.19 bits per heavy atom. The maximum atomic E-state index is 12.6. The molecule has 1 saturated carbocycles. The molecule has 1 heterocycles. The highest BCUT2D eigenvalue weighted by molar-refractivity contribution is 7.99. The summed E-state index contributed by atoms with van der Waals surface area (Å²) in [6, 6.07) is 1.88.